The smallest absolute Gasteiger partial charge is 0.334 e. The van der Waals surface area contributed by atoms with Crippen LogP contribution < -0.4 is 9.47 Å². The van der Waals surface area contributed by atoms with Crippen molar-refractivity contribution in [3.8, 4) is 22.6 Å². The minimum absolute atomic E-state index is 0.0526. The molecule has 2 atom stereocenters. The van der Waals surface area contributed by atoms with Crippen LogP contribution in [-0.2, 0) is 34.1 Å². The number of hydrogen-bond acceptors (Lipinski definition) is 14. The molecule has 0 saturated carbocycles. The molecule has 1 aliphatic carbocycles. The lowest BCUT2D eigenvalue weighted by atomic mass is 9.68. The highest BCUT2D eigenvalue weighted by Crippen LogP contribution is 2.56. The molecular formula is C53H58O10S6. The first kappa shape index (κ1) is 52.8. The Hall–Kier alpha value is -4.06. The molecule has 2 fully saturated rings. The number of thioether (sulfide) groups is 6. The summed E-state index contributed by atoms with van der Waals surface area (Å²) in [7, 11) is 0. The summed E-state index contributed by atoms with van der Waals surface area (Å²) in [6, 6.07) is 33.0. The SMILES string of the molecule is CC(C(=O)O)=C(C)C(=O)OC(COc1ccc(C2(c3ccc(OCC(CSCCC4SCCS4)OC(=O)C(C)=C(C)C(=O)O)cc3)c3ccccc3-c3ccccc32)cc1)CSCCC1SCCS1. The van der Waals surface area contributed by atoms with E-state index in [1.807, 2.05) is 71.3 Å². The van der Waals surface area contributed by atoms with Crippen LogP contribution in [0.3, 0.4) is 0 Å². The molecule has 3 aliphatic rings. The van der Waals surface area contributed by atoms with Crippen molar-refractivity contribution < 1.29 is 48.3 Å². The molecule has 0 amide bonds. The summed E-state index contributed by atoms with van der Waals surface area (Å²) in [5.41, 5.74) is 5.87. The van der Waals surface area contributed by atoms with Crippen LogP contribution in [0.4, 0.5) is 0 Å². The molecule has 0 radical (unpaired) electrons. The van der Waals surface area contributed by atoms with Gasteiger partial charge in [0.15, 0.2) is 0 Å². The van der Waals surface area contributed by atoms with E-state index in [0.29, 0.717) is 32.2 Å². The van der Waals surface area contributed by atoms with Crippen LogP contribution in [-0.4, -0.2) is 115 Å². The Morgan fingerprint density at radius 1 is 0.551 bits per heavy atom. The number of carbonyl (C=O) groups excluding carboxylic acids is 2. The molecule has 2 N–H and O–H groups in total. The van der Waals surface area contributed by atoms with Crippen LogP contribution in [0.5, 0.6) is 11.5 Å². The summed E-state index contributed by atoms with van der Waals surface area (Å²) in [6.45, 7) is 5.94. The lowest BCUT2D eigenvalue weighted by Crippen LogP contribution is -2.29. The Morgan fingerprint density at radius 2 is 0.913 bits per heavy atom. The number of hydrogen-bond donors (Lipinski definition) is 2. The summed E-state index contributed by atoms with van der Waals surface area (Å²) in [5, 5.41) is 19.0. The summed E-state index contributed by atoms with van der Waals surface area (Å²) in [6.07, 6.45) is 0.891. The second kappa shape index (κ2) is 25.4. The molecule has 0 bridgehead atoms. The van der Waals surface area contributed by atoms with E-state index >= 15 is 0 Å². The molecule has 4 aromatic carbocycles. The van der Waals surface area contributed by atoms with E-state index in [9.17, 15) is 29.4 Å². The average molecular weight is 1050 g/mol. The maximum absolute atomic E-state index is 13.1. The molecule has 2 heterocycles. The van der Waals surface area contributed by atoms with E-state index in [-0.39, 0.29) is 35.5 Å². The van der Waals surface area contributed by atoms with Crippen molar-refractivity contribution in [3.05, 3.63) is 142 Å². The third-order valence-corrected chi connectivity index (χ3v) is 20.9. The number of fused-ring (bicyclic) bond motifs is 3. The summed E-state index contributed by atoms with van der Waals surface area (Å²) in [4.78, 5) is 49.5. The predicted molar refractivity (Wildman–Crippen MR) is 288 cm³/mol. The topological polar surface area (TPSA) is 146 Å². The molecule has 2 unspecified atom stereocenters. The zero-order chi connectivity index (χ0) is 48.9. The van der Waals surface area contributed by atoms with Gasteiger partial charge in [-0.15, -0.1) is 47.0 Å². The van der Waals surface area contributed by atoms with Crippen LogP contribution in [0.25, 0.3) is 11.1 Å². The molecule has 366 valence electrons. The van der Waals surface area contributed by atoms with Crippen LogP contribution in [0.2, 0.25) is 0 Å². The Bertz CT molecular complexity index is 2320. The van der Waals surface area contributed by atoms with Gasteiger partial charge in [0.25, 0.3) is 0 Å². The van der Waals surface area contributed by atoms with E-state index in [2.05, 4.69) is 72.8 Å². The van der Waals surface area contributed by atoms with Crippen LogP contribution in [0, 0.1) is 0 Å². The highest BCUT2D eigenvalue weighted by atomic mass is 32.2. The largest absolute Gasteiger partial charge is 0.490 e. The quantitative estimate of drug-likeness (QED) is 0.0343. The van der Waals surface area contributed by atoms with Gasteiger partial charge >= 0.3 is 23.9 Å². The van der Waals surface area contributed by atoms with Crippen molar-refractivity contribution in [1.29, 1.82) is 0 Å². The highest BCUT2D eigenvalue weighted by Gasteiger charge is 2.46. The fourth-order valence-corrected chi connectivity index (χ4v) is 16.5. The third-order valence-electron chi connectivity index (χ3n) is 12.3. The highest BCUT2D eigenvalue weighted by molar-refractivity contribution is 8.20. The van der Waals surface area contributed by atoms with Gasteiger partial charge in [0.05, 0.1) is 14.6 Å². The van der Waals surface area contributed by atoms with E-state index in [4.69, 9.17) is 18.9 Å². The molecule has 10 nitrogen and oxygen atoms in total. The number of benzene rings is 4. The number of ether oxygens (including phenoxy) is 4. The summed E-state index contributed by atoms with van der Waals surface area (Å²) in [5.74, 6) is 5.06. The number of carboxylic acid groups (broad SMARTS) is 2. The van der Waals surface area contributed by atoms with Gasteiger partial charge in [-0.1, -0.05) is 72.8 Å². The number of esters is 2. The van der Waals surface area contributed by atoms with Crippen LogP contribution in [0.15, 0.2) is 119 Å². The van der Waals surface area contributed by atoms with E-state index in [1.165, 1.54) is 50.7 Å². The van der Waals surface area contributed by atoms with E-state index < -0.39 is 41.5 Å². The van der Waals surface area contributed by atoms with Gasteiger partial charge in [0.2, 0.25) is 0 Å². The van der Waals surface area contributed by atoms with Gasteiger partial charge < -0.3 is 29.2 Å². The number of rotatable bonds is 24. The van der Waals surface area contributed by atoms with Crippen molar-refractivity contribution in [1.82, 2.24) is 0 Å². The molecule has 69 heavy (non-hydrogen) atoms. The van der Waals surface area contributed by atoms with Crippen molar-refractivity contribution >= 4 is 94.4 Å². The van der Waals surface area contributed by atoms with Crippen molar-refractivity contribution in [3.63, 3.8) is 0 Å². The Morgan fingerprint density at radius 3 is 1.28 bits per heavy atom. The second-order valence-corrected chi connectivity index (χ2v) is 24.9. The Balaban J connectivity index is 1.11. The first-order valence-corrected chi connectivity index (χ1v) is 29.4. The minimum Gasteiger partial charge on any atom is -0.490 e. The predicted octanol–water partition coefficient (Wildman–Crippen LogP) is 11.3. The maximum Gasteiger partial charge on any atom is 0.334 e. The normalized spacial score (nSPS) is 16.9. The molecule has 0 aromatic heterocycles. The zero-order valence-electron chi connectivity index (χ0n) is 39.1. The number of carboxylic acids is 2. The molecule has 2 saturated heterocycles. The molecular weight excluding hydrogens is 989 g/mol. The number of carbonyl (C=O) groups is 4. The monoisotopic (exact) mass is 1050 g/mol. The van der Waals surface area contributed by atoms with Crippen LogP contribution >= 0.6 is 70.6 Å². The van der Waals surface area contributed by atoms with E-state index in [0.717, 1.165) is 57.7 Å². The standard InChI is InChI=1S/C53H58O10S6/c1-33(49(54)55)35(3)51(58)62-41(31-64-23-21-47-66-25-26-67-47)29-60-39-17-13-37(14-18-39)53(45-11-7-5-9-43(45)44-10-6-8-12-46(44)53)38-15-19-40(20-16-38)61-30-42(32-65-24-22-48-68-27-28-69-48)63-52(59)36(4)34(2)50(56)57/h5-20,41-42,47-48H,21-32H2,1-4H3,(H,54,55)(H,56,57). The average Bonchev–Trinajstić information content (AvgIpc) is 4.15. The molecule has 0 spiro atoms. The van der Waals surface area contributed by atoms with Gasteiger partial charge in [0.1, 0.15) is 36.9 Å². The van der Waals surface area contributed by atoms with E-state index in [1.54, 1.807) is 23.5 Å². The van der Waals surface area contributed by atoms with Crippen molar-refractivity contribution in [2.24, 2.45) is 0 Å². The first-order valence-electron chi connectivity index (χ1n) is 22.9. The lowest BCUT2D eigenvalue weighted by molar-refractivity contribution is -0.145. The molecule has 16 heteroatoms. The van der Waals surface area contributed by atoms with Crippen LogP contribution in [0.1, 0.15) is 62.8 Å². The van der Waals surface area contributed by atoms with Gasteiger partial charge in [-0.25, -0.2) is 19.2 Å². The van der Waals surface area contributed by atoms with Gasteiger partial charge in [-0.3, -0.25) is 0 Å². The fourth-order valence-electron chi connectivity index (χ4n) is 8.28. The molecule has 2 aliphatic heterocycles. The van der Waals surface area contributed by atoms with Gasteiger partial charge in [-0.2, -0.15) is 23.5 Å². The summed E-state index contributed by atoms with van der Waals surface area (Å²) >= 11 is 11.4. The van der Waals surface area contributed by atoms with Gasteiger partial charge in [0, 0.05) is 56.8 Å². The zero-order valence-corrected chi connectivity index (χ0v) is 44.0. The van der Waals surface area contributed by atoms with Gasteiger partial charge in [-0.05, 0) is 110 Å². The minimum atomic E-state index is -1.16. The maximum atomic E-state index is 13.1. The second-order valence-electron chi connectivity index (χ2n) is 16.7. The molecule has 4 aromatic rings. The number of aliphatic carboxylic acids is 2. The van der Waals surface area contributed by atoms with Crippen molar-refractivity contribution in [2.45, 2.75) is 67.3 Å². The lowest BCUT2D eigenvalue weighted by Gasteiger charge is -2.34. The van der Waals surface area contributed by atoms with Crippen molar-refractivity contribution in [2.75, 3.05) is 59.2 Å². The summed E-state index contributed by atoms with van der Waals surface area (Å²) < 4.78 is 25.6. The molecule has 7 rings (SSSR count). The Labute approximate surface area is 430 Å². The Kier molecular flexibility index (Phi) is 19.4. The third kappa shape index (κ3) is 13.3. The fraction of sp³-hybridized carbons (Fsp3) is 0.396. The first-order chi connectivity index (χ1) is 33.4.